The molecule has 2 atom stereocenters. The van der Waals surface area contributed by atoms with Crippen LogP contribution in [-0.2, 0) is 22.9 Å². The quantitative estimate of drug-likeness (QED) is 0.292. The molecule has 0 radical (unpaired) electrons. The molecule has 2 N–H and O–H groups in total. The van der Waals surface area contributed by atoms with Gasteiger partial charge in [0.05, 0.1) is 10.6 Å². The predicted octanol–water partition coefficient (Wildman–Crippen LogP) is 6.81. The zero-order chi connectivity index (χ0) is 27.6. The molecule has 2 heterocycles. The van der Waals surface area contributed by atoms with E-state index in [0.29, 0.717) is 17.3 Å². The van der Waals surface area contributed by atoms with Gasteiger partial charge in [-0.15, -0.1) is 0 Å². The average molecular weight is 541 g/mol. The molecule has 7 heteroatoms. The molecule has 0 spiro atoms. The summed E-state index contributed by atoms with van der Waals surface area (Å²) in [5, 5.41) is 3.52. The highest BCUT2D eigenvalue weighted by atomic mass is 32.2. The molecule has 1 aromatic heterocycles. The Morgan fingerprint density at radius 3 is 2.36 bits per heavy atom. The van der Waals surface area contributed by atoms with E-state index >= 15 is 0 Å². The highest BCUT2D eigenvalue weighted by Gasteiger charge is 2.20. The van der Waals surface area contributed by atoms with Crippen molar-refractivity contribution in [1.82, 2.24) is 15.3 Å². The minimum absolute atomic E-state index is 0.0713. The van der Waals surface area contributed by atoms with E-state index in [1.807, 2.05) is 36.4 Å². The number of anilines is 1. The van der Waals surface area contributed by atoms with Gasteiger partial charge < -0.3 is 10.1 Å². The summed E-state index contributed by atoms with van der Waals surface area (Å²) in [5.41, 5.74) is 7.47. The topological polar surface area (TPSA) is 76.1 Å². The lowest BCUT2D eigenvalue weighted by atomic mass is 9.86. The molecule has 39 heavy (non-hydrogen) atoms. The lowest BCUT2D eigenvalue weighted by Crippen LogP contribution is -2.21. The van der Waals surface area contributed by atoms with Gasteiger partial charge in [-0.05, 0) is 65.8 Å². The molecular weight excluding hydrogens is 504 g/mol. The van der Waals surface area contributed by atoms with Gasteiger partial charge in [-0.2, -0.15) is 4.98 Å². The summed E-state index contributed by atoms with van der Waals surface area (Å²) in [6.07, 6.45) is 0.534. The summed E-state index contributed by atoms with van der Waals surface area (Å²) in [5.74, 6) is 0.712. The van der Waals surface area contributed by atoms with Crippen LogP contribution in [-0.4, -0.2) is 20.7 Å². The van der Waals surface area contributed by atoms with Crippen LogP contribution in [0, 0.1) is 13.8 Å². The maximum atomic E-state index is 13.3. The fraction of sp³-hybridized carbons (Fsp3) is 0.312. The molecule has 2 unspecified atom stereocenters. The zero-order valence-corrected chi connectivity index (χ0v) is 24.1. The third-order valence-electron chi connectivity index (χ3n) is 7.06. The molecule has 1 aliphatic heterocycles. The number of hydrogen-bond acceptors (Lipinski definition) is 5. The van der Waals surface area contributed by atoms with Gasteiger partial charge in [0.2, 0.25) is 11.8 Å². The normalized spacial score (nSPS) is 18.0. The fourth-order valence-electron chi connectivity index (χ4n) is 4.89. The second-order valence-corrected chi connectivity index (χ2v) is 12.4. The summed E-state index contributed by atoms with van der Waals surface area (Å²) >= 11 is 0. The van der Waals surface area contributed by atoms with E-state index in [1.165, 1.54) is 5.56 Å². The number of rotatable bonds is 2. The van der Waals surface area contributed by atoms with E-state index in [-0.39, 0.29) is 17.5 Å². The largest absolute Gasteiger partial charge is 0.469 e. The molecule has 6 nitrogen and oxygen atoms in total. The standard InChI is InChI=1S/C32H36N4O2S/c1-21-8-6-9-22(2)30(21)27-19-29-35-31(34-27)36-39(37)26-11-7-10-23(18-26)20-33-17-16-28(38-29)24-12-14-25(15-13-24)32(3,4)5/h6-15,18-19,28,33H,16-17,20H2,1-5H3,(H,34,35,36). The first kappa shape index (κ1) is 27.0. The lowest BCUT2D eigenvalue weighted by molar-refractivity contribution is 0.186. The van der Waals surface area contributed by atoms with Gasteiger partial charge in [-0.1, -0.05) is 75.4 Å². The van der Waals surface area contributed by atoms with Crippen LogP contribution in [0.3, 0.4) is 0 Å². The van der Waals surface area contributed by atoms with E-state index in [9.17, 15) is 4.21 Å². The smallest absolute Gasteiger partial charge is 0.238 e. The third kappa shape index (κ3) is 6.37. The summed E-state index contributed by atoms with van der Waals surface area (Å²) < 4.78 is 22.9. The van der Waals surface area contributed by atoms with Crippen molar-refractivity contribution in [2.75, 3.05) is 11.3 Å². The molecule has 1 aliphatic rings. The Balaban J connectivity index is 1.59. The molecule has 0 saturated heterocycles. The van der Waals surface area contributed by atoms with E-state index in [0.717, 1.165) is 46.5 Å². The number of hydrogen-bond donors (Lipinski definition) is 2. The van der Waals surface area contributed by atoms with E-state index < -0.39 is 11.0 Å². The Kier molecular flexibility index (Phi) is 7.82. The molecule has 4 bridgehead atoms. The minimum atomic E-state index is -1.53. The van der Waals surface area contributed by atoms with Crippen molar-refractivity contribution in [2.24, 2.45) is 0 Å². The number of ether oxygens (including phenoxy) is 1. The van der Waals surface area contributed by atoms with Crippen molar-refractivity contribution < 1.29 is 8.95 Å². The maximum Gasteiger partial charge on any atom is 0.238 e. The lowest BCUT2D eigenvalue weighted by Gasteiger charge is -2.23. The van der Waals surface area contributed by atoms with Crippen LogP contribution < -0.4 is 14.8 Å². The molecular formula is C32H36N4O2S. The van der Waals surface area contributed by atoms with Crippen LogP contribution in [0.2, 0.25) is 0 Å². The van der Waals surface area contributed by atoms with Crippen LogP contribution in [0.15, 0.2) is 77.7 Å². The number of nitrogens with one attached hydrogen (secondary N) is 2. The van der Waals surface area contributed by atoms with Crippen LogP contribution in [0.5, 0.6) is 5.88 Å². The van der Waals surface area contributed by atoms with Crippen molar-refractivity contribution in [3.63, 3.8) is 0 Å². The fourth-order valence-corrected chi connectivity index (χ4v) is 5.73. The number of benzene rings is 3. The summed E-state index contributed by atoms with van der Waals surface area (Å²) in [6, 6.07) is 24.5. The van der Waals surface area contributed by atoms with Crippen LogP contribution in [0.25, 0.3) is 11.3 Å². The second kappa shape index (κ2) is 11.3. The Bertz CT molecular complexity index is 1480. The van der Waals surface area contributed by atoms with Crippen LogP contribution in [0.1, 0.15) is 61.1 Å². The van der Waals surface area contributed by atoms with Crippen molar-refractivity contribution in [3.8, 4) is 17.1 Å². The first-order valence-electron chi connectivity index (χ1n) is 13.4. The molecule has 0 amide bonds. The SMILES string of the molecule is Cc1cccc(C)c1-c1cc2nc(n1)NS(=O)c1cccc(c1)CNCCC(c1ccc(C(C)(C)C)cc1)O2. The summed E-state index contributed by atoms with van der Waals surface area (Å²) in [4.78, 5) is 10.1. The monoisotopic (exact) mass is 540 g/mol. The van der Waals surface area contributed by atoms with Gasteiger partial charge in [-0.3, -0.25) is 4.72 Å². The molecule has 3 aromatic carbocycles. The Morgan fingerprint density at radius 2 is 1.64 bits per heavy atom. The first-order chi connectivity index (χ1) is 18.7. The molecule has 5 rings (SSSR count). The van der Waals surface area contributed by atoms with E-state index in [2.05, 4.69) is 86.0 Å². The van der Waals surface area contributed by atoms with Crippen molar-refractivity contribution in [2.45, 2.75) is 64.0 Å². The number of nitrogens with zero attached hydrogens (tertiary/aromatic N) is 2. The predicted molar refractivity (Wildman–Crippen MR) is 158 cm³/mol. The van der Waals surface area contributed by atoms with Gasteiger partial charge in [0.15, 0.2) is 11.0 Å². The minimum Gasteiger partial charge on any atom is -0.469 e. The average Bonchev–Trinajstić information content (AvgIpc) is 2.89. The number of aryl methyl sites for hydroxylation is 2. The molecule has 0 saturated carbocycles. The van der Waals surface area contributed by atoms with Gasteiger partial charge in [0.1, 0.15) is 6.10 Å². The highest BCUT2D eigenvalue weighted by Crippen LogP contribution is 2.32. The first-order valence-corrected chi connectivity index (χ1v) is 14.5. The van der Waals surface area contributed by atoms with Gasteiger partial charge in [0, 0.05) is 24.6 Å². The molecule has 202 valence electrons. The third-order valence-corrected chi connectivity index (χ3v) is 8.11. The summed E-state index contributed by atoms with van der Waals surface area (Å²) in [7, 11) is -1.53. The second-order valence-electron chi connectivity index (χ2n) is 11.1. The Hall–Kier alpha value is -3.55. The van der Waals surface area contributed by atoms with E-state index in [1.54, 1.807) is 0 Å². The number of aromatic nitrogens is 2. The van der Waals surface area contributed by atoms with Crippen molar-refractivity contribution >= 4 is 16.9 Å². The molecule has 0 fully saturated rings. The zero-order valence-electron chi connectivity index (χ0n) is 23.2. The molecule has 4 aromatic rings. The van der Waals surface area contributed by atoms with Gasteiger partial charge in [0.25, 0.3) is 0 Å². The van der Waals surface area contributed by atoms with Crippen molar-refractivity contribution in [3.05, 3.63) is 101 Å². The maximum absolute atomic E-state index is 13.3. The van der Waals surface area contributed by atoms with E-state index in [4.69, 9.17) is 9.72 Å². The Labute approximate surface area is 233 Å². The summed E-state index contributed by atoms with van der Waals surface area (Å²) in [6.45, 7) is 12.2. The van der Waals surface area contributed by atoms with Crippen LogP contribution in [0.4, 0.5) is 5.95 Å². The van der Waals surface area contributed by atoms with Crippen molar-refractivity contribution in [1.29, 1.82) is 0 Å². The van der Waals surface area contributed by atoms with Gasteiger partial charge >= 0.3 is 0 Å². The molecule has 0 aliphatic carbocycles. The van der Waals surface area contributed by atoms with Crippen LogP contribution >= 0.6 is 0 Å². The van der Waals surface area contributed by atoms with Gasteiger partial charge in [-0.25, -0.2) is 9.19 Å². The Morgan fingerprint density at radius 1 is 0.923 bits per heavy atom. The highest BCUT2D eigenvalue weighted by molar-refractivity contribution is 7.86. The number of fused-ring (bicyclic) bond motifs is 4.